The molecular formula is C10H9N5OS. The van der Waals surface area contributed by atoms with Crippen molar-refractivity contribution in [2.75, 3.05) is 5.73 Å². The zero-order valence-corrected chi connectivity index (χ0v) is 9.59. The summed E-state index contributed by atoms with van der Waals surface area (Å²) < 4.78 is 6.80. The molecule has 0 spiro atoms. The molecule has 0 aliphatic rings. The van der Waals surface area contributed by atoms with E-state index in [9.17, 15) is 0 Å². The number of hydrogen-bond donors (Lipinski definition) is 1. The number of rotatable bonds is 3. The van der Waals surface area contributed by atoms with Crippen LogP contribution in [0.1, 0.15) is 5.89 Å². The summed E-state index contributed by atoms with van der Waals surface area (Å²) in [5.74, 6) is 1.12. The van der Waals surface area contributed by atoms with Crippen LogP contribution in [0.15, 0.2) is 34.4 Å². The van der Waals surface area contributed by atoms with Crippen LogP contribution < -0.4 is 5.73 Å². The van der Waals surface area contributed by atoms with Crippen molar-refractivity contribution in [2.24, 2.45) is 0 Å². The predicted octanol–water partition coefficient (Wildman–Crippen LogP) is 1.63. The Morgan fingerprint density at radius 3 is 3.12 bits per heavy atom. The number of nitrogens with two attached hydrogens (primary N) is 1. The van der Waals surface area contributed by atoms with Crippen LogP contribution in [0.25, 0.3) is 10.7 Å². The minimum atomic E-state index is 0.426. The maximum absolute atomic E-state index is 5.57. The first kappa shape index (κ1) is 10.0. The molecule has 17 heavy (non-hydrogen) atoms. The minimum absolute atomic E-state index is 0.426. The topological polar surface area (TPSA) is 82.8 Å². The Balaban J connectivity index is 1.81. The quantitative estimate of drug-likeness (QED) is 0.760. The lowest BCUT2D eigenvalue weighted by molar-refractivity contribution is 0.366. The zero-order chi connectivity index (χ0) is 11.7. The maximum atomic E-state index is 5.57. The van der Waals surface area contributed by atoms with Crippen LogP contribution >= 0.6 is 11.3 Å². The van der Waals surface area contributed by atoms with E-state index in [-0.39, 0.29) is 0 Å². The van der Waals surface area contributed by atoms with Crippen LogP contribution in [-0.4, -0.2) is 19.9 Å². The molecule has 0 saturated carbocycles. The molecule has 0 bridgehead atoms. The molecule has 3 aromatic heterocycles. The smallest absolute Gasteiger partial charge is 0.248 e. The molecule has 0 aliphatic heterocycles. The van der Waals surface area contributed by atoms with Crippen molar-refractivity contribution in [3.05, 3.63) is 35.8 Å². The van der Waals surface area contributed by atoms with Gasteiger partial charge in [0.2, 0.25) is 11.7 Å². The van der Waals surface area contributed by atoms with Crippen LogP contribution in [-0.2, 0) is 6.54 Å². The highest BCUT2D eigenvalue weighted by Gasteiger charge is 2.09. The van der Waals surface area contributed by atoms with E-state index in [1.165, 1.54) is 0 Å². The van der Waals surface area contributed by atoms with E-state index in [1.54, 1.807) is 28.4 Å². The number of thiophene rings is 1. The van der Waals surface area contributed by atoms with Gasteiger partial charge in [-0.05, 0) is 11.4 Å². The van der Waals surface area contributed by atoms with Gasteiger partial charge in [0.25, 0.3) is 0 Å². The van der Waals surface area contributed by atoms with Gasteiger partial charge in [0, 0.05) is 6.20 Å². The Morgan fingerprint density at radius 1 is 1.47 bits per heavy atom. The second kappa shape index (κ2) is 4.02. The zero-order valence-electron chi connectivity index (χ0n) is 8.78. The van der Waals surface area contributed by atoms with Gasteiger partial charge in [-0.2, -0.15) is 10.1 Å². The molecule has 0 aliphatic carbocycles. The molecule has 3 heterocycles. The highest BCUT2D eigenvalue weighted by molar-refractivity contribution is 7.13. The third kappa shape index (κ3) is 2.04. The summed E-state index contributed by atoms with van der Waals surface area (Å²) in [4.78, 5) is 5.27. The Bertz CT molecular complexity index is 612. The van der Waals surface area contributed by atoms with E-state index in [0.29, 0.717) is 23.9 Å². The number of anilines is 1. The monoisotopic (exact) mass is 247 g/mol. The first-order valence-electron chi connectivity index (χ1n) is 4.95. The first-order valence-corrected chi connectivity index (χ1v) is 5.83. The fourth-order valence-corrected chi connectivity index (χ4v) is 2.08. The molecule has 0 aromatic carbocycles. The Labute approximate surface area is 101 Å². The van der Waals surface area contributed by atoms with Crippen molar-refractivity contribution in [3.8, 4) is 10.7 Å². The molecular weight excluding hydrogens is 238 g/mol. The number of hydrogen-bond acceptors (Lipinski definition) is 6. The second-order valence-corrected chi connectivity index (χ2v) is 4.41. The van der Waals surface area contributed by atoms with E-state index in [1.807, 2.05) is 17.5 Å². The molecule has 7 heteroatoms. The minimum Gasteiger partial charge on any atom is -0.396 e. The molecule has 0 saturated heterocycles. The summed E-state index contributed by atoms with van der Waals surface area (Å²) in [6.45, 7) is 0.426. The van der Waals surface area contributed by atoms with Crippen molar-refractivity contribution in [1.82, 2.24) is 19.9 Å². The second-order valence-electron chi connectivity index (χ2n) is 3.46. The maximum Gasteiger partial charge on any atom is 0.248 e. The summed E-state index contributed by atoms with van der Waals surface area (Å²) in [7, 11) is 0. The summed E-state index contributed by atoms with van der Waals surface area (Å²) in [5, 5.41) is 9.93. The van der Waals surface area contributed by atoms with Gasteiger partial charge < -0.3 is 10.3 Å². The van der Waals surface area contributed by atoms with Gasteiger partial charge in [0.1, 0.15) is 6.54 Å². The molecule has 0 amide bonds. The lowest BCUT2D eigenvalue weighted by Gasteiger charge is -1.93. The van der Waals surface area contributed by atoms with Crippen LogP contribution in [0.2, 0.25) is 0 Å². The molecule has 2 N–H and O–H groups in total. The van der Waals surface area contributed by atoms with Crippen molar-refractivity contribution in [2.45, 2.75) is 6.54 Å². The van der Waals surface area contributed by atoms with Gasteiger partial charge in [-0.1, -0.05) is 11.2 Å². The first-order chi connectivity index (χ1) is 8.31. The molecule has 0 fully saturated rings. The van der Waals surface area contributed by atoms with Gasteiger partial charge >= 0.3 is 0 Å². The van der Waals surface area contributed by atoms with E-state index in [2.05, 4.69) is 15.2 Å². The van der Waals surface area contributed by atoms with Crippen LogP contribution in [0, 0.1) is 0 Å². The third-order valence-electron chi connectivity index (χ3n) is 2.16. The molecule has 86 valence electrons. The SMILES string of the molecule is Nc1cnn(Cc2nc(-c3cccs3)no2)c1. The van der Waals surface area contributed by atoms with Gasteiger partial charge in [-0.25, -0.2) is 0 Å². The summed E-state index contributed by atoms with van der Waals surface area (Å²) in [5.41, 5.74) is 6.18. The average Bonchev–Trinajstić information content (AvgIpc) is 3.00. The molecule has 0 unspecified atom stereocenters. The molecule has 0 atom stereocenters. The normalized spacial score (nSPS) is 10.8. The van der Waals surface area contributed by atoms with Crippen molar-refractivity contribution >= 4 is 17.0 Å². The fourth-order valence-electron chi connectivity index (χ4n) is 1.43. The van der Waals surface area contributed by atoms with Crippen molar-refractivity contribution < 1.29 is 4.52 Å². The Hall–Kier alpha value is -2.15. The number of aromatic nitrogens is 4. The van der Waals surface area contributed by atoms with Gasteiger partial charge in [-0.3, -0.25) is 4.68 Å². The fraction of sp³-hybridized carbons (Fsp3) is 0.100. The lowest BCUT2D eigenvalue weighted by atomic mass is 10.4. The van der Waals surface area contributed by atoms with E-state index in [0.717, 1.165) is 4.88 Å². The Kier molecular flexibility index (Phi) is 2.37. The largest absolute Gasteiger partial charge is 0.396 e. The summed E-state index contributed by atoms with van der Waals surface area (Å²) in [6, 6.07) is 3.90. The average molecular weight is 247 g/mol. The predicted molar refractivity (Wildman–Crippen MR) is 63.4 cm³/mol. The Morgan fingerprint density at radius 2 is 2.41 bits per heavy atom. The van der Waals surface area contributed by atoms with Crippen LogP contribution in [0.4, 0.5) is 5.69 Å². The van der Waals surface area contributed by atoms with E-state index >= 15 is 0 Å². The molecule has 6 nitrogen and oxygen atoms in total. The molecule has 0 radical (unpaired) electrons. The van der Waals surface area contributed by atoms with E-state index < -0.39 is 0 Å². The van der Waals surface area contributed by atoms with E-state index in [4.69, 9.17) is 10.3 Å². The van der Waals surface area contributed by atoms with Gasteiger partial charge in [0.15, 0.2) is 0 Å². The molecule has 3 rings (SSSR count). The van der Waals surface area contributed by atoms with Gasteiger partial charge in [0.05, 0.1) is 16.8 Å². The standard InChI is InChI=1S/C10H9N5OS/c11-7-4-12-15(5-7)6-9-13-10(14-16-9)8-2-1-3-17-8/h1-5H,6,11H2. The molecule has 3 aromatic rings. The van der Waals surface area contributed by atoms with Crippen molar-refractivity contribution in [1.29, 1.82) is 0 Å². The summed E-state index contributed by atoms with van der Waals surface area (Å²) >= 11 is 1.57. The van der Waals surface area contributed by atoms with Gasteiger partial charge in [-0.15, -0.1) is 11.3 Å². The highest BCUT2D eigenvalue weighted by Crippen LogP contribution is 2.21. The van der Waals surface area contributed by atoms with Crippen LogP contribution in [0.5, 0.6) is 0 Å². The number of nitrogens with zero attached hydrogens (tertiary/aromatic N) is 4. The number of nitrogen functional groups attached to an aromatic ring is 1. The van der Waals surface area contributed by atoms with Crippen LogP contribution in [0.3, 0.4) is 0 Å². The summed E-state index contributed by atoms with van der Waals surface area (Å²) in [6.07, 6.45) is 3.30. The third-order valence-corrected chi connectivity index (χ3v) is 3.03. The highest BCUT2D eigenvalue weighted by atomic mass is 32.1. The van der Waals surface area contributed by atoms with Crippen molar-refractivity contribution in [3.63, 3.8) is 0 Å². The lowest BCUT2D eigenvalue weighted by Crippen LogP contribution is -2.00.